The molecule has 3 rings (SSSR count). The Labute approximate surface area is 157 Å². The lowest BCUT2D eigenvalue weighted by molar-refractivity contribution is -0.391. The van der Waals surface area contributed by atoms with Gasteiger partial charge in [-0.3, -0.25) is 9.59 Å². The van der Waals surface area contributed by atoms with Gasteiger partial charge in [-0.1, -0.05) is 12.1 Å². The van der Waals surface area contributed by atoms with Crippen molar-refractivity contribution in [2.45, 2.75) is 13.5 Å². The number of nitrogens with one attached hydrogen (secondary N) is 1. The highest BCUT2D eigenvalue weighted by molar-refractivity contribution is 6.02. The number of hydrogen-bond acceptors (Lipinski definition) is 7. The fourth-order valence-corrected chi connectivity index (χ4v) is 2.82. The summed E-state index contributed by atoms with van der Waals surface area (Å²) in [6.07, 6.45) is 2.15. The number of carbonyl (C=O) groups is 1. The molecule has 0 bridgehead atoms. The third-order valence-corrected chi connectivity index (χ3v) is 4.22. The molecule has 2 N–H and O–H groups in total. The number of amides is 1. The summed E-state index contributed by atoms with van der Waals surface area (Å²) >= 11 is 0. The second-order valence-electron chi connectivity index (χ2n) is 5.78. The number of aryl methyl sites for hydroxylation is 1. The summed E-state index contributed by atoms with van der Waals surface area (Å²) in [7, 11) is 1.42. The Morgan fingerprint density at radius 1 is 1.43 bits per heavy atom. The molecule has 2 heterocycles. The summed E-state index contributed by atoms with van der Waals surface area (Å²) in [5, 5.41) is 25.3. The van der Waals surface area contributed by atoms with Crippen LogP contribution in [0.15, 0.2) is 40.4 Å². The van der Waals surface area contributed by atoms with Gasteiger partial charge in [-0.05, 0) is 24.0 Å². The van der Waals surface area contributed by atoms with Crippen molar-refractivity contribution in [3.8, 4) is 5.75 Å². The van der Waals surface area contributed by atoms with E-state index in [2.05, 4.69) is 15.5 Å². The second-order valence-corrected chi connectivity index (χ2v) is 5.78. The molecule has 28 heavy (non-hydrogen) atoms. The Kier molecular flexibility index (Phi) is 4.90. The minimum absolute atomic E-state index is 0.126. The lowest BCUT2D eigenvalue weighted by atomic mass is 10.1. The van der Waals surface area contributed by atoms with E-state index in [0.717, 1.165) is 12.4 Å². The zero-order valence-corrected chi connectivity index (χ0v) is 15.0. The van der Waals surface area contributed by atoms with Gasteiger partial charge in [-0.15, -0.1) is 0 Å². The van der Waals surface area contributed by atoms with Crippen LogP contribution in [0.2, 0.25) is 0 Å². The van der Waals surface area contributed by atoms with Crippen molar-refractivity contribution in [1.82, 2.24) is 19.5 Å². The maximum absolute atomic E-state index is 12.6. The highest BCUT2D eigenvalue weighted by atomic mass is 16.6. The average Bonchev–Trinajstić information content (AvgIpc) is 3.03. The molecule has 0 aliphatic rings. The third kappa shape index (κ3) is 3.09. The van der Waals surface area contributed by atoms with Crippen LogP contribution in [0.3, 0.4) is 0 Å². The molecule has 0 aliphatic heterocycles. The number of benzene rings is 1. The molecule has 11 heteroatoms. The first kappa shape index (κ1) is 18.8. The number of nitrogens with zero attached hydrogens (tertiary/aromatic N) is 5. The number of aromatic nitrogens is 3. The highest BCUT2D eigenvalue weighted by Crippen LogP contribution is 2.26. The first-order valence-corrected chi connectivity index (χ1v) is 8.20. The van der Waals surface area contributed by atoms with Crippen LogP contribution in [0.1, 0.15) is 23.1 Å². The van der Waals surface area contributed by atoms with E-state index in [1.165, 1.54) is 16.2 Å². The van der Waals surface area contributed by atoms with Crippen LogP contribution in [0.5, 0.6) is 5.75 Å². The Bertz CT molecular complexity index is 1180. The first-order chi connectivity index (χ1) is 13.4. The van der Waals surface area contributed by atoms with Crippen LogP contribution in [-0.2, 0) is 13.6 Å². The van der Waals surface area contributed by atoms with Crippen molar-refractivity contribution in [2.24, 2.45) is 12.1 Å². The third-order valence-electron chi connectivity index (χ3n) is 4.22. The Morgan fingerprint density at radius 3 is 2.79 bits per heavy atom. The van der Waals surface area contributed by atoms with Gasteiger partial charge in [0.2, 0.25) is 5.82 Å². The molecule has 1 amide bonds. The summed E-state index contributed by atoms with van der Waals surface area (Å²) in [4.78, 5) is 39.1. The molecule has 0 saturated carbocycles. The summed E-state index contributed by atoms with van der Waals surface area (Å²) in [5.41, 5.74) is 1.56. The molecular weight excluding hydrogens is 368 g/mol. The number of nitro groups is 1. The predicted molar refractivity (Wildman–Crippen MR) is 100 cm³/mol. The van der Waals surface area contributed by atoms with Crippen molar-refractivity contribution in [2.75, 3.05) is 0 Å². The van der Waals surface area contributed by atoms with Gasteiger partial charge in [0.05, 0.1) is 12.6 Å². The van der Waals surface area contributed by atoms with Gasteiger partial charge >= 0.3 is 5.82 Å². The van der Waals surface area contributed by atoms with Crippen molar-refractivity contribution in [3.05, 3.63) is 62.3 Å². The number of hydrogen-bond donors (Lipinski definition) is 2. The fraction of sp³-hybridized carbons (Fsp3) is 0.176. The van der Waals surface area contributed by atoms with Gasteiger partial charge in [0.25, 0.3) is 11.5 Å². The monoisotopic (exact) mass is 384 g/mol. The normalized spacial score (nSPS) is 11.2. The number of carbonyl (C=O) groups excluding carboxylic acids is 1. The molecule has 0 fully saturated rings. The number of rotatable bonds is 5. The second kappa shape index (κ2) is 7.31. The van der Waals surface area contributed by atoms with Crippen LogP contribution in [0.4, 0.5) is 5.82 Å². The molecule has 0 unspecified atom stereocenters. The lowest BCUT2D eigenvalue weighted by Crippen LogP contribution is -2.31. The summed E-state index contributed by atoms with van der Waals surface area (Å²) in [6, 6.07) is 6.68. The van der Waals surface area contributed by atoms with Crippen molar-refractivity contribution >= 4 is 28.8 Å². The number of imidazole rings is 1. The van der Waals surface area contributed by atoms with E-state index in [9.17, 15) is 24.8 Å². The van der Waals surface area contributed by atoms with Gasteiger partial charge in [0, 0.05) is 11.9 Å². The SMILES string of the molecule is CCn1c(=O)c(C(=O)N/N=C\c2ncc([N+](=O)[O-])n2C)c(O)c2ccccc21. The van der Waals surface area contributed by atoms with Gasteiger partial charge in [-0.25, -0.2) is 15.0 Å². The van der Waals surface area contributed by atoms with E-state index in [0.29, 0.717) is 17.4 Å². The van der Waals surface area contributed by atoms with Crippen LogP contribution in [-0.4, -0.2) is 36.3 Å². The molecule has 11 nitrogen and oxygen atoms in total. The maximum Gasteiger partial charge on any atom is 0.342 e. The number of hydrazone groups is 1. The molecule has 0 atom stereocenters. The first-order valence-electron chi connectivity index (χ1n) is 8.20. The van der Waals surface area contributed by atoms with Crippen LogP contribution in [0.25, 0.3) is 10.9 Å². The fourth-order valence-electron chi connectivity index (χ4n) is 2.82. The largest absolute Gasteiger partial charge is 0.506 e. The van der Waals surface area contributed by atoms with Crippen LogP contribution in [0, 0.1) is 10.1 Å². The van der Waals surface area contributed by atoms with Crippen molar-refractivity contribution in [3.63, 3.8) is 0 Å². The standard InChI is InChI=1S/C17H16N6O5/c1-3-22-11-7-5-4-6-10(11)15(24)14(17(22)26)16(25)20-19-8-12-18-9-13(21(12)2)23(27)28/h4-9,24H,3H2,1-2H3,(H,20,25)/b19-8-. The minimum Gasteiger partial charge on any atom is -0.506 e. The molecule has 0 saturated heterocycles. The molecule has 2 aromatic heterocycles. The van der Waals surface area contributed by atoms with Gasteiger partial charge in [-0.2, -0.15) is 5.10 Å². The van der Waals surface area contributed by atoms with Crippen molar-refractivity contribution in [1.29, 1.82) is 0 Å². The molecule has 0 aliphatic carbocycles. The Hall–Kier alpha value is -4.02. The molecule has 144 valence electrons. The number of aromatic hydroxyl groups is 1. The lowest BCUT2D eigenvalue weighted by Gasteiger charge is -2.12. The Balaban J connectivity index is 1.94. The van der Waals surface area contributed by atoms with Crippen LogP contribution >= 0.6 is 0 Å². The van der Waals surface area contributed by atoms with E-state index < -0.39 is 27.7 Å². The van der Waals surface area contributed by atoms with E-state index in [4.69, 9.17) is 0 Å². The summed E-state index contributed by atoms with van der Waals surface area (Å²) < 4.78 is 2.54. The smallest absolute Gasteiger partial charge is 0.342 e. The van der Waals surface area contributed by atoms with Gasteiger partial charge < -0.3 is 19.8 Å². The van der Waals surface area contributed by atoms with E-state index in [1.54, 1.807) is 31.2 Å². The average molecular weight is 384 g/mol. The zero-order valence-electron chi connectivity index (χ0n) is 15.0. The van der Waals surface area contributed by atoms with E-state index in [1.807, 2.05) is 0 Å². The van der Waals surface area contributed by atoms with Crippen LogP contribution < -0.4 is 11.0 Å². The molecular formula is C17H16N6O5. The van der Waals surface area contributed by atoms with Gasteiger partial charge in [0.15, 0.2) is 0 Å². The molecule has 0 radical (unpaired) electrons. The van der Waals surface area contributed by atoms with E-state index >= 15 is 0 Å². The van der Waals surface area contributed by atoms with Crippen molar-refractivity contribution < 1.29 is 14.8 Å². The number of para-hydroxylation sites is 1. The predicted octanol–water partition coefficient (Wildman–Crippen LogP) is 1.13. The van der Waals surface area contributed by atoms with E-state index in [-0.39, 0.29) is 11.6 Å². The highest BCUT2D eigenvalue weighted by Gasteiger charge is 2.21. The molecule has 0 spiro atoms. The Morgan fingerprint density at radius 2 is 2.14 bits per heavy atom. The zero-order chi connectivity index (χ0) is 20.4. The quantitative estimate of drug-likeness (QED) is 0.383. The number of pyridine rings is 1. The molecule has 3 aromatic rings. The topological polar surface area (TPSA) is 145 Å². The summed E-state index contributed by atoms with van der Waals surface area (Å²) in [5.74, 6) is -1.47. The molecule has 1 aromatic carbocycles. The van der Waals surface area contributed by atoms with Gasteiger partial charge in [0.1, 0.15) is 23.7 Å². The maximum atomic E-state index is 12.6. The minimum atomic E-state index is -0.907. The summed E-state index contributed by atoms with van der Waals surface area (Å²) in [6.45, 7) is 2.05. The number of fused-ring (bicyclic) bond motifs is 1.